The first-order chi connectivity index (χ1) is 8.41. The van der Waals surface area contributed by atoms with Crippen LogP contribution in [0.25, 0.3) is 0 Å². The second kappa shape index (κ2) is 6.88. The third kappa shape index (κ3) is 5.25. The molecule has 2 atom stereocenters. The summed E-state index contributed by atoms with van der Waals surface area (Å²) in [6, 6.07) is 0. The van der Waals surface area contributed by atoms with E-state index in [9.17, 15) is 0 Å². The standard InChI is InChI=1S/C15H31NO2/c1-6-15(4,12-16-9-10-17-5)11-13-7-8-14(2,3)18-13/h13,16H,6-12H2,1-5H3. The molecule has 0 aliphatic carbocycles. The fourth-order valence-corrected chi connectivity index (χ4v) is 2.68. The van der Waals surface area contributed by atoms with E-state index in [1.807, 2.05) is 0 Å². The van der Waals surface area contributed by atoms with Crippen LogP contribution in [0.4, 0.5) is 0 Å². The Bertz CT molecular complexity index is 243. The molecule has 3 nitrogen and oxygen atoms in total. The van der Waals surface area contributed by atoms with Crippen molar-refractivity contribution in [1.82, 2.24) is 5.32 Å². The monoisotopic (exact) mass is 257 g/mol. The Morgan fingerprint density at radius 3 is 2.67 bits per heavy atom. The van der Waals surface area contributed by atoms with Gasteiger partial charge in [0.1, 0.15) is 0 Å². The van der Waals surface area contributed by atoms with Crippen molar-refractivity contribution in [3.8, 4) is 0 Å². The van der Waals surface area contributed by atoms with Gasteiger partial charge in [-0.05, 0) is 44.9 Å². The molecule has 1 fully saturated rings. The van der Waals surface area contributed by atoms with Crippen LogP contribution in [-0.2, 0) is 9.47 Å². The Hall–Kier alpha value is -0.120. The van der Waals surface area contributed by atoms with Crippen LogP contribution in [-0.4, -0.2) is 38.5 Å². The summed E-state index contributed by atoms with van der Waals surface area (Å²) in [4.78, 5) is 0. The topological polar surface area (TPSA) is 30.5 Å². The first-order valence-corrected chi connectivity index (χ1v) is 7.28. The van der Waals surface area contributed by atoms with Crippen LogP contribution < -0.4 is 5.32 Å². The quantitative estimate of drug-likeness (QED) is 0.678. The maximum Gasteiger partial charge on any atom is 0.0631 e. The lowest BCUT2D eigenvalue weighted by atomic mass is 9.81. The molecule has 1 rings (SSSR count). The smallest absolute Gasteiger partial charge is 0.0631 e. The predicted molar refractivity (Wildman–Crippen MR) is 75.9 cm³/mol. The second-order valence-electron chi connectivity index (χ2n) is 6.58. The van der Waals surface area contributed by atoms with Crippen molar-refractivity contribution < 1.29 is 9.47 Å². The lowest BCUT2D eigenvalue weighted by molar-refractivity contribution is -0.0342. The predicted octanol–water partition coefficient (Wildman–Crippen LogP) is 2.99. The highest BCUT2D eigenvalue weighted by molar-refractivity contribution is 4.86. The van der Waals surface area contributed by atoms with Crippen LogP contribution in [0.1, 0.15) is 53.4 Å². The Labute approximate surface area is 113 Å². The number of nitrogens with one attached hydrogen (secondary N) is 1. The molecule has 0 spiro atoms. The summed E-state index contributed by atoms with van der Waals surface area (Å²) in [7, 11) is 1.75. The van der Waals surface area contributed by atoms with Gasteiger partial charge in [0.05, 0.1) is 18.3 Å². The molecule has 1 aliphatic rings. The molecule has 0 aromatic heterocycles. The maximum absolute atomic E-state index is 6.12. The normalized spacial score (nSPS) is 26.2. The van der Waals surface area contributed by atoms with Gasteiger partial charge in [0, 0.05) is 20.2 Å². The van der Waals surface area contributed by atoms with Gasteiger partial charge >= 0.3 is 0 Å². The van der Waals surface area contributed by atoms with Gasteiger partial charge in [0.25, 0.3) is 0 Å². The Morgan fingerprint density at radius 1 is 1.44 bits per heavy atom. The van der Waals surface area contributed by atoms with E-state index >= 15 is 0 Å². The second-order valence-corrected chi connectivity index (χ2v) is 6.58. The van der Waals surface area contributed by atoms with Gasteiger partial charge in [-0.3, -0.25) is 0 Å². The third-order valence-electron chi connectivity index (χ3n) is 4.16. The van der Waals surface area contributed by atoms with Crippen LogP contribution in [0.5, 0.6) is 0 Å². The average molecular weight is 257 g/mol. The summed E-state index contributed by atoms with van der Waals surface area (Å²) < 4.78 is 11.2. The van der Waals surface area contributed by atoms with E-state index in [4.69, 9.17) is 9.47 Å². The highest BCUT2D eigenvalue weighted by Gasteiger charge is 2.35. The minimum Gasteiger partial charge on any atom is -0.383 e. The molecule has 1 heterocycles. The van der Waals surface area contributed by atoms with Crippen molar-refractivity contribution in [1.29, 1.82) is 0 Å². The zero-order valence-electron chi connectivity index (χ0n) is 12.8. The van der Waals surface area contributed by atoms with Crippen molar-refractivity contribution >= 4 is 0 Å². The lowest BCUT2D eigenvalue weighted by Crippen LogP contribution is -2.36. The molecule has 1 saturated heterocycles. The molecule has 0 bridgehead atoms. The van der Waals surface area contributed by atoms with Crippen LogP contribution in [0.2, 0.25) is 0 Å². The Kier molecular flexibility index (Phi) is 6.09. The molecular formula is C15H31NO2. The summed E-state index contributed by atoms with van der Waals surface area (Å²) >= 11 is 0. The lowest BCUT2D eigenvalue weighted by Gasteiger charge is -2.32. The fraction of sp³-hybridized carbons (Fsp3) is 1.00. The highest BCUT2D eigenvalue weighted by atomic mass is 16.5. The Morgan fingerprint density at radius 2 is 2.17 bits per heavy atom. The van der Waals surface area contributed by atoms with Gasteiger partial charge in [0.15, 0.2) is 0 Å². The van der Waals surface area contributed by atoms with Crippen LogP contribution in [0.3, 0.4) is 0 Å². The third-order valence-corrected chi connectivity index (χ3v) is 4.16. The first-order valence-electron chi connectivity index (χ1n) is 7.28. The van der Waals surface area contributed by atoms with E-state index < -0.39 is 0 Å². The van der Waals surface area contributed by atoms with E-state index in [2.05, 4.69) is 33.0 Å². The first kappa shape index (κ1) is 15.9. The number of hydrogen-bond donors (Lipinski definition) is 1. The molecule has 1 aliphatic heterocycles. The summed E-state index contributed by atoms with van der Waals surface area (Å²) in [6.45, 7) is 11.8. The SMILES string of the molecule is CCC(C)(CNCCOC)CC1CCC(C)(C)O1. The van der Waals surface area contributed by atoms with Crippen LogP contribution in [0.15, 0.2) is 0 Å². The van der Waals surface area contributed by atoms with Crippen molar-refractivity contribution in [3.63, 3.8) is 0 Å². The molecule has 3 heteroatoms. The zero-order chi connectivity index (χ0) is 13.6. The van der Waals surface area contributed by atoms with E-state index in [-0.39, 0.29) is 5.60 Å². The fourth-order valence-electron chi connectivity index (χ4n) is 2.68. The van der Waals surface area contributed by atoms with Crippen molar-refractivity contribution in [3.05, 3.63) is 0 Å². The molecular weight excluding hydrogens is 226 g/mol. The van der Waals surface area contributed by atoms with E-state index in [0.29, 0.717) is 11.5 Å². The van der Waals surface area contributed by atoms with Crippen molar-refractivity contribution in [2.24, 2.45) is 5.41 Å². The van der Waals surface area contributed by atoms with Gasteiger partial charge in [0.2, 0.25) is 0 Å². The molecule has 18 heavy (non-hydrogen) atoms. The number of ether oxygens (including phenoxy) is 2. The highest BCUT2D eigenvalue weighted by Crippen LogP contribution is 2.37. The zero-order valence-corrected chi connectivity index (χ0v) is 12.8. The van der Waals surface area contributed by atoms with Crippen LogP contribution >= 0.6 is 0 Å². The molecule has 2 unspecified atom stereocenters. The molecule has 0 amide bonds. The minimum atomic E-state index is 0.0861. The Balaban J connectivity index is 2.35. The summed E-state index contributed by atoms with van der Waals surface area (Å²) in [5.41, 5.74) is 0.418. The van der Waals surface area contributed by atoms with E-state index in [1.54, 1.807) is 7.11 Å². The maximum atomic E-state index is 6.12. The van der Waals surface area contributed by atoms with Gasteiger partial charge in [-0.15, -0.1) is 0 Å². The number of rotatable bonds is 8. The van der Waals surface area contributed by atoms with Gasteiger partial charge in [-0.25, -0.2) is 0 Å². The van der Waals surface area contributed by atoms with Crippen molar-refractivity contribution in [2.45, 2.75) is 65.1 Å². The van der Waals surface area contributed by atoms with Gasteiger partial charge in [-0.1, -0.05) is 13.8 Å². The average Bonchev–Trinajstić information content (AvgIpc) is 2.64. The van der Waals surface area contributed by atoms with Crippen molar-refractivity contribution in [2.75, 3.05) is 26.8 Å². The van der Waals surface area contributed by atoms with E-state index in [1.165, 1.54) is 19.3 Å². The molecule has 0 saturated carbocycles. The number of hydrogen-bond acceptors (Lipinski definition) is 3. The van der Waals surface area contributed by atoms with E-state index in [0.717, 1.165) is 26.1 Å². The summed E-state index contributed by atoms with van der Waals surface area (Å²) in [6.07, 6.45) is 5.18. The van der Waals surface area contributed by atoms with Gasteiger partial charge < -0.3 is 14.8 Å². The molecule has 0 aromatic rings. The molecule has 0 aromatic carbocycles. The van der Waals surface area contributed by atoms with Crippen LogP contribution in [0, 0.1) is 5.41 Å². The summed E-state index contributed by atoms with van der Waals surface area (Å²) in [5.74, 6) is 0. The number of methoxy groups -OCH3 is 1. The molecule has 1 N–H and O–H groups in total. The summed E-state index contributed by atoms with van der Waals surface area (Å²) in [5, 5.41) is 3.49. The van der Waals surface area contributed by atoms with Gasteiger partial charge in [-0.2, -0.15) is 0 Å². The minimum absolute atomic E-state index is 0.0861. The molecule has 108 valence electrons. The molecule has 0 radical (unpaired) electrons. The largest absolute Gasteiger partial charge is 0.383 e.